The number of carbonyl (C=O) groups excluding carboxylic acids is 3. The number of piperazine rings is 1. The fourth-order valence-corrected chi connectivity index (χ4v) is 4.86. The number of carbonyl (C=O) groups is 3. The number of rotatable bonds is 8. The number of fused-ring (bicyclic) bond motifs is 1. The minimum atomic E-state index is -0.621. The molecule has 1 aliphatic heterocycles. The van der Waals surface area contributed by atoms with Gasteiger partial charge in [0.1, 0.15) is 5.58 Å². The summed E-state index contributed by atoms with van der Waals surface area (Å²) in [6.45, 7) is 5.15. The third kappa shape index (κ3) is 9.41. The molecule has 0 radical (unpaired) electrons. The molecule has 236 valence electrons. The number of likely N-dealkylation sites (N-methyl/N-ethyl adjacent to an activating group) is 1. The topological polar surface area (TPSA) is 115 Å². The van der Waals surface area contributed by atoms with E-state index in [0.717, 1.165) is 23.3 Å². The molecular formula is C34H38ClN5O5. The van der Waals surface area contributed by atoms with E-state index in [1.54, 1.807) is 35.2 Å². The molecule has 2 heterocycles. The van der Waals surface area contributed by atoms with Crippen molar-refractivity contribution in [3.63, 3.8) is 0 Å². The fraction of sp³-hybridized carbons (Fsp3) is 0.294. The van der Waals surface area contributed by atoms with E-state index in [-0.39, 0.29) is 29.5 Å². The van der Waals surface area contributed by atoms with Crippen molar-refractivity contribution in [3.8, 4) is 0 Å². The number of hydrogen-bond acceptors (Lipinski definition) is 7. The van der Waals surface area contributed by atoms with E-state index in [1.807, 2.05) is 68.4 Å². The van der Waals surface area contributed by atoms with Gasteiger partial charge < -0.3 is 29.8 Å². The van der Waals surface area contributed by atoms with Gasteiger partial charge in [-0.05, 0) is 57.4 Å². The summed E-state index contributed by atoms with van der Waals surface area (Å²) in [6.07, 6.45) is 0. The van der Waals surface area contributed by atoms with Crippen LogP contribution in [0.1, 0.15) is 26.5 Å². The monoisotopic (exact) mass is 631 g/mol. The normalized spacial score (nSPS) is 12.8. The van der Waals surface area contributed by atoms with Crippen LogP contribution in [0.2, 0.25) is 5.02 Å². The SMILES string of the molecule is CN(C)CCNC(=O)c1ccccc1N1CCN(C(=O)CNC(=O)c2cc(=O)c3ccccc3o2)CC1.Cc1ccc(Cl)cc1. The van der Waals surface area contributed by atoms with Gasteiger partial charge in [-0.2, -0.15) is 0 Å². The summed E-state index contributed by atoms with van der Waals surface area (Å²) in [6, 6.07) is 23.0. The van der Waals surface area contributed by atoms with E-state index in [0.29, 0.717) is 49.3 Å². The van der Waals surface area contributed by atoms with E-state index in [1.165, 1.54) is 5.56 Å². The van der Waals surface area contributed by atoms with Gasteiger partial charge in [0.15, 0.2) is 11.2 Å². The molecular weight excluding hydrogens is 594 g/mol. The standard InChI is InChI=1S/C27H31N5O5.C7H7Cl/c1-30(2)12-11-28-26(35)19-7-3-5-9-21(19)31-13-15-32(16-14-31)25(34)18-29-27(36)24-17-22(33)20-8-4-6-10-23(20)37-24;1-6-2-4-7(8)5-3-6/h3-10,17H,11-16,18H2,1-2H3,(H,28,35)(H,29,36);2-5H,1H3. The van der Waals surface area contributed by atoms with E-state index in [2.05, 4.69) is 15.5 Å². The molecule has 10 nitrogen and oxygen atoms in total. The van der Waals surface area contributed by atoms with Gasteiger partial charge in [0, 0.05) is 56.0 Å². The third-order valence-electron chi connectivity index (χ3n) is 7.24. The Bertz CT molecular complexity index is 1660. The number of nitrogens with one attached hydrogen (secondary N) is 2. The summed E-state index contributed by atoms with van der Waals surface area (Å²) < 4.78 is 5.53. The number of benzene rings is 3. The van der Waals surface area contributed by atoms with Crippen molar-refractivity contribution in [1.29, 1.82) is 0 Å². The smallest absolute Gasteiger partial charge is 0.287 e. The highest BCUT2D eigenvalue weighted by Crippen LogP contribution is 2.22. The average Bonchev–Trinajstić information content (AvgIpc) is 3.05. The van der Waals surface area contributed by atoms with Crippen molar-refractivity contribution in [2.45, 2.75) is 6.92 Å². The molecule has 1 aromatic heterocycles. The molecule has 4 aromatic rings. The molecule has 0 unspecified atom stereocenters. The van der Waals surface area contributed by atoms with E-state index in [4.69, 9.17) is 16.0 Å². The minimum absolute atomic E-state index is 0.126. The maximum Gasteiger partial charge on any atom is 0.287 e. The molecule has 11 heteroatoms. The lowest BCUT2D eigenvalue weighted by Crippen LogP contribution is -2.51. The Hall–Kier alpha value is -4.67. The lowest BCUT2D eigenvalue weighted by atomic mass is 10.1. The van der Waals surface area contributed by atoms with Crippen molar-refractivity contribution in [1.82, 2.24) is 20.4 Å². The molecule has 45 heavy (non-hydrogen) atoms. The van der Waals surface area contributed by atoms with Gasteiger partial charge in [-0.15, -0.1) is 0 Å². The average molecular weight is 632 g/mol. The largest absolute Gasteiger partial charge is 0.451 e. The van der Waals surface area contributed by atoms with Gasteiger partial charge >= 0.3 is 0 Å². The van der Waals surface area contributed by atoms with Crippen molar-refractivity contribution < 1.29 is 18.8 Å². The maximum absolute atomic E-state index is 12.7. The molecule has 0 spiro atoms. The Morgan fingerprint density at radius 3 is 2.22 bits per heavy atom. The highest BCUT2D eigenvalue weighted by atomic mass is 35.5. The quantitative estimate of drug-likeness (QED) is 0.304. The lowest BCUT2D eigenvalue weighted by molar-refractivity contribution is -0.130. The van der Waals surface area contributed by atoms with E-state index >= 15 is 0 Å². The molecule has 0 bridgehead atoms. The van der Waals surface area contributed by atoms with Gasteiger partial charge in [0.25, 0.3) is 11.8 Å². The van der Waals surface area contributed by atoms with Crippen LogP contribution in [0, 0.1) is 6.92 Å². The summed E-state index contributed by atoms with van der Waals surface area (Å²) >= 11 is 5.61. The summed E-state index contributed by atoms with van der Waals surface area (Å²) in [4.78, 5) is 56.0. The Labute approximate surface area is 267 Å². The second-order valence-electron chi connectivity index (χ2n) is 10.9. The number of aryl methyl sites for hydroxylation is 1. The molecule has 5 rings (SSSR count). The lowest BCUT2D eigenvalue weighted by Gasteiger charge is -2.37. The molecule has 0 aliphatic carbocycles. The van der Waals surface area contributed by atoms with E-state index < -0.39 is 5.91 Å². The van der Waals surface area contributed by atoms with Gasteiger partial charge in [0.2, 0.25) is 5.91 Å². The van der Waals surface area contributed by atoms with Crippen LogP contribution in [0.5, 0.6) is 0 Å². The number of para-hydroxylation sites is 2. The Morgan fingerprint density at radius 2 is 1.53 bits per heavy atom. The first-order chi connectivity index (χ1) is 21.6. The molecule has 1 aliphatic rings. The first-order valence-corrected chi connectivity index (χ1v) is 15.1. The fourth-order valence-electron chi connectivity index (χ4n) is 4.73. The third-order valence-corrected chi connectivity index (χ3v) is 7.49. The second kappa shape index (κ2) is 15.9. The van der Waals surface area contributed by atoms with Crippen LogP contribution in [-0.4, -0.2) is 87.4 Å². The first kappa shape index (κ1) is 33.2. The van der Waals surface area contributed by atoms with Gasteiger partial charge in [-0.3, -0.25) is 19.2 Å². The predicted octanol–water partition coefficient (Wildman–Crippen LogP) is 3.81. The van der Waals surface area contributed by atoms with Crippen molar-refractivity contribution in [3.05, 3.63) is 111 Å². The number of anilines is 1. The number of hydrogen-bond donors (Lipinski definition) is 2. The maximum atomic E-state index is 12.7. The molecule has 3 aromatic carbocycles. The van der Waals surface area contributed by atoms with Crippen LogP contribution >= 0.6 is 11.6 Å². The van der Waals surface area contributed by atoms with Crippen molar-refractivity contribution >= 4 is 46.0 Å². The zero-order valence-electron chi connectivity index (χ0n) is 25.7. The Morgan fingerprint density at radius 1 is 0.867 bits per heavy atom. The van der Waals surface area contributed by atoms with Crippen LogP contribution in [-0.2, 0) is 4.79 Å². The van der Waals surface area contributed by atoms with Crippen molar-refractivity contribution in [2.24, 2.45) is 0 Å². The van der Waals surface area contributed by atoms with Crippen LogP contribution in [0.15, 0.2) is 88.1 Å². The highest BCUT2D eigenvalue weighted by molar-refractivity contribution is 6.30. The van der Waals surface area contributed by atoms with Crippen LogP contribution < -0.4 is 21.0 Å². The minimum Gasteiger partial charge on any atom is -0.451 e. The van der Waals surface area contributed by atoms with E-state index in [9.17, 15) is 19.2 Å². The first-order valence-electron chi connectivity index (χ1n) is 14.7. The summed E-state index contributed by atoms with van der Waals surface area (Å²) in [7, 11) is 3.90. The summed E-state index contributed by atoms with van der Waals surface area (Å²) in [5.74, 6) is -1.12. The molecule has 1 saturated heterocycles. The highest BCUT2D eigenvalue weighted by Gasteiger charge is 2.24. The summed E-state index contributed by atoms with van der Waals surface area (Å²) in [5, 5.41) is 6.69. The van der Waals surface area contributed by atoms with Crippen LogP contribution in [0.25, 0.3) is 11.0 Å². The number of halogens is 1. The van der Waals surface area contributed by atoms with Gasteiger partial charge in [-0.25, -0.2) is 0 Å². The Balaban J connectivity index is 0.000000501. The predicted molar refractivity (Wildman–Crippen MR) is 177 cm³/mol. The number of nitrogens with zero attached hydrogens (tertiary/aromatic N) is 3. The van der Waals surface area contributed by atoms with Crippen molar-refractivity contribution in [2.75, 3.05) is 64.8 Å². The zero-order chi connectivity index (χ0) is 32.3. The van der Waals surface area contributed by atoms with Crippen LogP contribution in [0.3, 0.4) is 0 Å². The molecule has 0 atom stereocenters. The van der Waals surface area contributed by atoms with Gasteiger partial charge in [0.05, 0.1) is 17.5 Å². The zero-order valence-corrected chi connectivity index (χ0v) is 26.5. The second-order valence-corrected chi connectivity index (χ2v) is 11.3. The molecule has 2 N–H and O–H groups in total. The molecule has 0 saturated carbocycles. The molecule has 1 fully saturated rings. The Kier molecular flexibility index (Phi) is 11.7. The summed E-state index contributed by atoms with van der Waals surface area (Å²) in [5.41, 5.74) is 2.67. The number of amides is 3. The molecule has 3 amide bonds. The van der Waals surface area contributed by atoms with Gasteiger partial charge in [-0.1, -0.05) is 53.6 Å². The van der Waals surface area contributed by atoms with Crippen LogP contribution in [0.4, 0.5) is 5.69 Å².